The van der Waals surface area contributed by atoms with Gasteiger partial charge in [0.05, 0.1) is 13.2 Å². The number of hydrogen-bond donors (Lipinski definition) is 1. The molecule has 82 valence electrons. The molecule has 0 amide bonds. The molecule has 1 aliphatic rings. The molecule has 1 aliphatic carbocycles. The van der Waals surface area contributed by atoms with Crippen molar-refractivity contribution in [2.24, 2.45) is 0 Å². The minimum absolute atomic E-state index is 0.00977. The van der Waals surface area contributed by atoms with E-state index in [-0.39, 0.29) is 5.82 Å². The number of aromatic nitrogens is 2. The molecule has 1 fully saturated rings. The van der Waals surface area contributed by atoms with Crippen molar-refractivity contribution in [3.05, 3.63) is 11.7 Å². The molecule has 0 radical (unpaired) electrons. The van der Waals surface area contributed by atoms with Gasteiger partial charge in [-0.15, -0.1) is 0 Å². The smallest absolute Gasteiger partial charge is 0.379 e. The zero-order valence-corrected chi connectivity index (χ0v) is 8.52. The molecule has 1 aromatic rings. The summed E-state index contributed by atoms with van der Waals surface area (Å²) in [6.45, 7) is 2.55. The van der Waals surface area contributed by atoms with Gasteiger partial charge in [-0.25, -0.2) is 4.79 Å². The molecule has 6 nitrogen and oxygen atoms in total. The van der Waals surface area contributed by atoms with Crippen molar-refractivity contribution in [1.29, 1.82) is 0 Å². The summed E-state index contributed by atoms with van der Waals surface area (Å²) in [5.41, 5.74) is 0. The number of esters is 1. The number of carbonyl (C=O) groups is 1. The Bertz CT molecular complexity index is 346. The quantitative estimate of drug-likeness (QED) is 0.714. The lowest BCUT2D eigenvalue weighted by molar-refractivity contribution is 0.0508. The van der Waals surface area contributed by atoms with Crippen LogP contribution in [0.2, 0.25) is 0 Å². The Morgan fingerprint density at radius 2 is 2.47 bits per heavy atom. The van der Waals surface area contributed by atoms with E-state index in [1.165, 1.54) is 12.8 Å². The standard InChI is InChI=1S/C9H13N3O3/c1-2-14-9(13)8-11-7(15-12-8)5-10-6-3-4-6/h6,10H,2-5H2,1H3. The van der Waals surface area contributed by atoms with Crippen molar-refractivity contribution in [3.63, 3.8) is 0 Å². The van der Waals surface area contributed by atoms with Crippen molar-refractivity contribution >= 4 is 5.97 Å². The first-order valence-corrected chi connectivity index (χ1v) is 5.02. The number of rotatable bonds is 5. The molecule has 1 aromatic heterocycles. The van der Waals surface area contributed by atoms with Crippen LogP contribution >= 0.6 is 0 Å². The Balaban J connectivity index is 1.87. The van der Waals surface area contributed by atoms with Gasteiger partial charge in [-0.05, 0) is 24.9 Å². The van der Waals surface area contributed by atoms with E-state index in [2.05, 4.69) is 15.5 Å². The fourth-order valence-corrected chi connectivity index (χ4v) is 1.12. The Hall–Kier alpha value is -1.43. The van der Waals surface area contributed by atoms with Crippen LogP contribution in [0.15, 0.2) is 4.52 Å². The molecule has 0 aromatic carbocycles. The number of nitrogens with zero attached hydrogens (tertiary/aromatic N) is 2. The van der Waals surface area contributed by atoms with E-state index in [9.17, 15) is 4.79 Å². The maximum atomic E-state index is 11.2. The van der Waals surface area contributed by atoms with Crippen molar-refractivity contribution in [1.82, 2.24) is 15.5 Å². The van der Waals surface area contributed by atoms with Crippen LogP contribution in [0.4, 0.5) is 0 Å². The lowest BCUT2D eigenvalue weighted by Gasteiger charge is -1.95. The van der Waals surface area contributed by atoms with Gasteiger partial charge < -0.3 is 14.6 Å². The largest absolute Gasteiger partial charge is 0.460 e. The molecular weight excluding hydrogens is 198 g/mol. The van der Waals surface area contributed by atoms with Gasteiger partial charge >= 0.3 is 5.97 Å². The van der Waals surface area contributed by atoms with Crippen LogP contribution in [-0.4, -0.2) is 28.8 Å². The molecule has 0 bridgehead atoms. The van der Waals surface area contributed by atoms with E-state index in [1.807, 2.05) is 0 Å². The first-order valence-electron chi connectivity index (χ1n) is 5.02. The van der Waals surface area contributed by atoms with E-state index in [4.69, 9.17) is 9.26 Å². The highest BCUT2D eigenvalue weighted by Crippen LogP contribution is 2.18. The predicted molar refractivity (Wildman–Crippen MR) is 50.1 cm³/mol. The topological polar surface area (TPSA) is 77.2 Å². The number of carbonyl (C=O) groups excluding carboxylic acids is 1. The highest BCUT2D eigenvalue weighted by Gasteiger charge is 2.22. The van der Waals surface area contributed by atoms with Crippen molar-refractivity contribution in [3.8, 4) is 0 Å². The van der Waals surface area contributed by atoms with Gasteiger partial charge in [0.15, 0.2) is 0 Å². The monoisotopic (exact) mass is 211 g/mol. The Morgan fingerprint density at radius 3 is 3.13 bits per heavy atom. The summed E-state index contributed by atoms with van der Waals surface area (Å²) in [6, 6.07) is 0.572. The fraction of sp³-hybridized carbons (Fsp3) is 0.667. The second-order valence-electron chi connectivity index (χ2n) is 3.39. The highest BCUT2D eigenvalue weighted by atomic mass is 16.5. The van der Waals surface area contributed by atoms with Gasteiger partial charge in [0.1, 0.15) is 0 Å². The van der Waals surface area contributed by atoms with Crippen molar-refractivity contribution in [2.45, 2.75) is 32.4 Å². The molecule has 1 N–H and O–H groups in total. The molecule has 6 heteroatoms. The number of hydrogen-bond acceptors (Lipinski definition) is 6. The first-order chi connectivity index (χ1) is 7.29. The van der Waals surface area contributed by atoms with Gasteiger partial charge in [-0.3, -0.25) is 0 Å². The summed E-state index contributed by atoms with van der Waals surface area (Å²) in [7, 11) is 0. The Labute approximate surface area is 87.0 Å². The molecule has 0 unspecified atom stereocenters. The lowest BCUT2D eigenvalue weighted by Crippen LogP contribution is -2.15. The van der Waals surface area contributed by atoms with Crippen molar-refractivity contribution in [2.75, 3.05) is 6.61 Å². The SMILES string of the molecule is CCOC(=O)c1noc(CNC2CC2)n1. The van der Waals surface area contributed by atoms with Gasteiger partial charge in [0.25, 0.3) is 5.82 Å². The predicted octanol–water partition coefficient (Wildman–Crippen LogP) is 0.498. The van der Waals surface area contributed by atoms with Gasteiger partial charge in [0.2, 0.25) is 5.89 Å². The first kappa shape index (κ1) is 10.1. The maximum absolute atomic E-state index is 11.2. The Morgan fingerprint density at radius 1 is 1.67 bits per heavy atom. The average Bonchev–Trinajstić information content (AvgIpc) is 2.93. The molecular formula is C9H13N3O3. The third-order valence-electron chi connectivity index (χ3n) is 2.05. The summed E-state index contributed by atoms with van der Waals surface area (Å²) >= 11 is 0. The molecule has 15 heavy (non-hydrogen) atoms. The molecule has 1 saturated carbocycles. The third kappa shape index (κ3) is 2.76. The van der Waals surface area contributed by atoms with E-state index in [1.54, 1.807) is 6.92 Å². The summed E-state index contributed by atoms with van der Waals surface area (Å²) in [5.74, 6) is -0.131. The number of ether oxygens (including phenoxy) is 1. The Kier molecular flexibility index (Phi) is 2.96. The zero-order valence-electron chi connectivity index (χ0n) is 8.52. The summed E-state index contributed by atoms with van der Waals surface area (Å²) in [5, 5.41) is 6.74. The fourth-order valence-electron chi connectivity index (χ4n) is 1.12. The zero-order chi connectivity index (χ0) is 10.7. The van der Waals surface area contributed by atoms with E-state index < -0.39 is 5.97 Å². The summed E-state index contributed by atoms with van der Waals surface area (Å²) < 4.78 is 9.62. The molecule has 0 aliphatic heterocycles. The summed E-state index contributed by atoms with van der Waals surface area (Å²) in [6.07, 6.45) is 2.39. The van der Waals surface area contributed by atoms with Crippen LogP contribution in [0.1, 0.15) is 36.3 Å². The minimum Gasteiger partial charge on any atom is -0.460 e. The van der Waals surface area contributed by atoms with Gasteiger partial charge in [-0.2, -0.15) is 4.98 Å². The van der Waals surface area contributed by atoms with E-state index in [0.29, 0.717) is 25.1 Å². The van der Waals surface area contributed by atoms with Crippen molar-refractivity contribution < 1.29 is 14.1 Å². The van der Waals surface area contributed by atoms with Gasteiger partial charge in [0, 0.05) is 6.04 Å². The normalized spacial score (nSPS) is 15.3. The van der Waals surface area contributed by atoms with E-state index >= 15 is 0 Å². The molecule has 0 spiro atoms. The van der Waals surface area contributed by atoms with Crippen LogP contribution < -0.4 is 5.32 Å². The minimum atomic E-state index is -0.543. The second-order valence-corrected chi connectivity index (χ2v) is 3.39. The molecule has 2 rings (SSSR count). The van der Waals surface area contributed by atoms with E-state index in [0.717, 1.165) is 0 Å². The maximum Gasteiger partial charge on any atom is 0.379 e. The van der Waals surface area contributed by atoms with Crippen LogP contribution in [0.5, 0.6) is 0 Å². The lowest BCUT2D eigenvalue weighted by atomic mass is 10.5. The molecule has 1 heterocycles. The highest BCUT2D eigenvalue weighted by molar-refractivity contribution is 5.84. The average molecular weight is 211 g/mol. The van der Waals surface area contributed by atoms with Crippen LogP contribution in [0, 0.1) is 0 Å². The second kappa shape index (κ2) is 4.39. The van der Waals surface area contributed by atoms with Crippen LogP contribution in [0.3, 0.4) is 0 Å². The third-order valence-corrected chi connectivity index (χ3v) is 2.05. The summed E-state index contributed by atoms with van der Waals surface area (Å²) in [4.78, 5) is 15.1. The van der Waals surface area contributed by atoms with Crippen LogP contribution in [-0.2, 0) is 11.3 Å². The molecule has 0 atom stereocenters. The molecule has 0 saturated heterocycles. The number of nitrogens with one attached hydrogen (secondary N) is 1. The van der Waals surface area contributed by atoms with Crippen LogP contribution in [0.25, 0.3) is 0 Å². The van der Waals surface area contributed by atoms with Gasteiger partial charge in [-0.1, -0.05) is 0 Å².